The van der Waals surface area contributed by atoms with E-state index in [1.165, 1.54) is 75.1 Å². The summed E-state index contributed by atoms with van der Waals surface area (Å²) in [6.45, 7) is 0. The number of fused-ring (bicyclic) bond motifs is 7. The molecule has 0 aliphatic carbocycles. The van der Waals surface area contributed by atoms with E-state index in [-0.39, 0.29) is 0 Å². The van der Waals surface area contributed by atoms with Crippen LogP contribution in [0.25, 0.3) is 97.0 Å². The number of hydrogen-bond acceptors (Lipinski definition) is 2. The van der Waals surface area contributed by atoms with Gasteiger partial charge in [0.2, 0.25) is 0 Å². The van der Waals surface area contributed by atoms with Crippen molar-refractivity contribution in [2.45, 2.75) is 0 Å². The van der Waals surface area contributed by atoms with E-state index >= 15 is 0 Å². The van der Waals surface area contributed by atoms with Gasteiger partial charge in [0, 0.05) is 36.9 Å². The monoisotopic (exact) mass is 602 g/mol. The molecule has 0 radical (unpaired) electrons. The largest absolute Gasteiger partial charge is 0.455 e. The summed E-state index contributed by atoms with van der Waals surface area (Å²) in [7, 11) is 0. The molecule has 2 heteroatoms. The lowest BCUT2D eigenvalue weighted by atomic mass is 9.83. The number of hydrogen-bond donors (Lipinski definition) is 0. The molecule has 0 saturated heterocycles. The zero-order valence-electron chi connectivity index (χ0n) is 24.8. The Hall–Kier alpha value is -5.70. The summed E-state index contributed by atoms with van der Waals surface area (Å²) in [5, 5.41) is 11.0. The van der Waals surface area contributed by atoms with Crippen LogP contribution in [0.15, 0.2) is 162 Å². The van der Waals surface area contributed by atoms with Gasteiger partial charge in [-0.3, -0.25) is 0 Å². The minimum Gasteiger partial charge on any atom is -0.455 e. The van der Waals surface area contributed by atoms with Gasteiger partial charge in [0.25, 0.3) is 0 Å². The van der Waals surface area contributed by atoms with Gasteiger partial charge in [-0.2, -0.15) is 0 Å². The summed E-state index contributed by atoms with van der Waals surface area (Å²) in [4.78, 5) is 1.26. The molecule has 10 rings (SSSR count). The van der Waals surface area contributed by atoms with Crippen LogP contribution in [0.5, 0.6) is 0 Å². The molecule has 10 aromatic rings. The lowest BCUT2D eigenvalue weighted by molar-refractivity contribution is 0.670. The molecule has 8 aromatic carbocycles. The number of rotatable bonds is 3. The molecule has 0 N–H and O–H groups in total. The Bertz CT molecular complexity index is 2740. The van der Waals surface area contributed by atoms with Crippen molar-refractivity contribution in [1.82, 2.24) is 0 Å². The van der Waals surface area contributed by atoms with Crippen molar-refractivity contribution < 1.29 is 4.42 Å². The summed E-state index contributed by atoms with van der Waals surface area (Å²) < 4.78 is 8.10. The number of benzene rings is 8. The molecule has 0 spiro atoms. The van der Waals surface area contributed by atoms with Crippen LogP contribution in [0.4, 0.5) is 0 Å². The molecule has 0 bridgehead atoms. The quantitative estimate of drug-likeness (QED) is 0.183. The maximum absolute atomic E-state index is 6.84. The van der Waals surface area contributed by atoms with Gasteiger partial charge >= 0.3 is 0 Å². The first-order valence-electron chi connectivity index (χ1n) is 15.7. The topological polar surface area (TPSA) is 13.1 Å². The first kappa shape index (κ1) is 25.6. The predicted octanol–water partition coefficient (Wildman–Crippen LogP) is 13.3. The fourth-order valence-corrected chi connectivity index (χ4v) is 8.60. The van der Waals surface area contributed by atoms with Crippen LogP contribution in [-0.2, 0) is 0 Å². The van der Waals surface area contributed by atoms with E-state index in [1.807, 2.05) is 11.3 Å². The maximum Gasteiger partial charge on any atom is 0.143 e. The lowest BCUT2D eigenvalue weighted by Crippen LogP contribution is -1.92. The van der Waals surface area contributed by atoms with Crippen LogP contribution in [0.3, 0.4) is 0 Å². The molecule has 214 valence electrons. The highest BCUT2D eigenvalue weighted by atomic mass is 32.1. The molecule has 0 fully saturated rings. The highest BCUT2D eigenvalue weighted by Gasteiger charge is 2.24. The fourth-order valence-electron chi connectivity index (χ4n) is 7.48. The Morgan fingerprint density at radius 3 is 1.72 bits per heavy atom. The Morgan fingerprint density at radius 2 is 0.978 bits per heavy atom. The van der Waals surface area contributed by atoms with Crippen LogP contribution in [0.1, 0.15) is 0 Å². The van der Waals surface area contributed by atoms with Crippen LogP contribution in [0.2, 0.25) is 0 Å². The van der Waals surface area contributed by atoms with Gasteiger partial charge in [-0.05, 0) is 67.2 Å². The highest BCUT2D eigenvalue weighted by Crippen LogP contribution is 2.51. The molecule has 0 aliphatic rings. The van der Waals surface area contributed by atoms with Crippen LogP contribution in [0, 0.1) is 0 Å². The molecule has 0 saturated carbocycles. The van der Waals surface area contributed by atoms with E-state index in [4.69, 9.17) is 4.42 Å². The van der Waals surface area contributed by atoms with Gasteiger partial charge < -0.3 is 4.42 Å². The molecule has 0 unspecified atom stereocenters. The third-order valence-corrected chi connectivity index (χ3v) is 10.6. The van der Waals surface area contributed by atoms with E-state index < -0.39 is 0 Å². The summed E-state index contributed by atoms with van der Waals surface area (Å²) >= 11 is 1.86. The van der Waals surface area contributed by atoms with Crippen molar-refractivity contribution in [3.8, 4) is 32.7 Å². The van der Waals surface area contributed by atoms with Crippen molar-refractivity contribution in [1.29, 1.82) is 0 Å². The second kappa shape index (κ2) is 9.90. The van der Waals surface area contributed by atoms with Crippen molar-refractivity contribution in [2.75, 3.05) is 0 Å². The molecule has 0 atom stereocenters. The number of para-hydroxylation sites is 1. The summed E-state index contributed by atoms with van der Waals surface area (Å²) in [6.07, 6.45) is 0. The molecule has 1 nitrogen and oxygen atoms in total. The van der Waals surface area contributed by atoms with Crippen molar-refractivity contribution in [2.24, 2.45) is 0 Å². The van der Waals surface area contributed by atoms with Gasteiger partial charge in [-0.15, -0.1) is 11.3 Å². The van der Waals surface area contributed by atoms with E-state index in [0.717, 1.165) is 21.9 Å². The Balaban J connectivity index is 1.41. The van der Waals surface area contributed by atoms with Crippen LogP contribution in [-0.4, -0.2) is 0 Å². The fraction of sp³-hybridized carbons (Fsp3) is 0. The first-order chi connectivity index (χ1) is 22.8. The predicted molar refractivity (Wildman–Crippen MR) is 198 cm³/mol. The zero-order chi connectivity index (χ0) is 30.2. The Labute approximate surface area is 269 Å². The molecular weight excluding hydrogens is 577 g/mol. The minimum absolute atomic E-state index is 0.917. The normalized spacial score (nSPS) is 11.9. The van der Waals surface area contributed by atoms with Gasteiger partial charge in [0.1, 0.15) is 11.2 Å². The molecule has 2 aromatic heterocycles. The van der Waals surface area contributed by atoms with Crippen molar-refractivity contribution >= 4 is 75.7 Å². The van der Waals surface area contributed by atoms with E-state index in [0.29, 0.717) is 0 Å². The third kappa shape index (κ3) is 3.68. The lowest BCUT2D eigenvalue weighted by Gasteiger charge is -2.19. The van der Waals surface area contributed by atoms with Gasteiger partial charge in [0.15, 0.2) is 0 Å². The van der Waals surface area contributed by atoms with E-state index in [1.54, 1.807) is 0 Å². The second-order valence-corrected chi connectivity index (χ2v) is 13.1. The van der Waals surface area contributed by atoms with Crippen LogP contribution >= 0.6 is 11.3 Å². The van der Waals surface area contributed by atoms with E-state index in [2.05, 4.69) is 158 Å². The summed E-state index contributed by atoms with van der Waals surface area (Å²) in [5.74, 6) is 0. The SMILES string of the molecule is c1ccc(-c2cc3c(-c4c5ccccc5c(-c5cccc6ccccc56)c5ccccc45)c4oc5ccccc5c4cc3s2)cc1. The van der Waals surface area contributed by atoms with Crippen molar-refractivity contribution in [3.05, 3.63) is 158 Å². The minimum atomic E-state index is 0.917. The average molecular weight is 603 g/mol. The van der Waals surface area contributed by atoms with Gasteiger partial charge in [-0.1, -0.05) is 140 Å². The van der Waals surface area contributed by atoms with Crippen molar-refractivity contribution in [3.63, 3.8) is 0 Å². The molecule has 0 amide bonds. The molecule has 2 heterocycles. The number of thiophene rings is 1. The standard InChI is InChI=1S/C44H26OS/c1-2-14-28(15-3-1)39-26-37-40(46-39)25-36-30-18-10-11-24-38(30)45-44(36)43(37)42-34-21-8-6-19-32(34)41(33-20-7-9-22-35(33)42)31-23-12-16-27-13-4-5-17-29(27)31/h1-26H. The van der Waals surface area contributed by atoms with Gasteiger partial charge in [-0.25, -0.2) is 0 Å². The summed E-state index contributed by atoms with van der Waals surface area (Å²) in [6, 6.07) is 57.1. The maximum atomic E-state index is 6.84. The van der Waals surface area contributed by atoms with E-state index in [9.17, 15) is 0 Å². The molecule has 46 heavy (non-hydrogen) atoms. The molecular formula is C44H26OS. The molecule has 0 aliphatic heterocycles. The summed E-state index contributed by atoms with van der Waals surface area (Å²) in [5.41, 5.74) is 8.01. The third-order valence-electron chi connectivity index (χ3n) is 9.47. The number of furan rings is 1. The smallest absolute Gasteiger partial charge is 0.143 e. The van der Waals surface area contributed by atoms with Crippen LogP contribution < -0.4 is 0 Å². The Morgan fingerprint density at radius 1 is 0.391 bits per heavy atom. The second-order valence-electron chi connectivity index (χ2n) is 12.0. The highest BCUT2D eigenvalue weighted by molar-refractivity contribution is 7.22. The average Bonchev–Trinajstić information content (AvgIpc) is 3.72. The Kier molecular flexibility index (Phi) is 5.51. The first-order valence-corrected chi connectivity index (χ1v) is 16.5. The van der Waals surface area contributed by atoms with Gasteiger partial charge in [0.05, 0.1) is 0 Å². The zero-order valence-corrected chi connectivity index (χ0v) is 25.6.